The number of nitrogens with one attached hydrogen (secondary N) is 2. The number of fused-ring (bicyclic) bond motifs is 2. The van der Waals surface area contributed by atoms with E-state index < -0.39 is 0 Å². The van der Waals surface area contributed by atoms with Crippen LogP contribution in [0.1, 0.15) is 31.7 Å². The lowest BCUT2D eigenvalue weighted by molar-refractivity contribution is -0.120. The summed E-state index contributed by atoms with van der Waals surface area (Å²) in [6.07, 6.45) is 3.32. The van der Waals surface area contributed by atoms with Gasteiger partial charge in [-0.1, -0.05) is 18.2 Å². The van der Waals surface area contributed by atoms with E-state index in [2.05, 4.69) is 10.6 Å². The van der Waals surface area contributed by atoms with Crippen LogP contribution >= 0.6 is 0 Å². The van der Waals surface area contributed by atoms with Crippen LogP contribution in [0.3, 0.4) is 0 Å². The molecule has 0 spiro atoms. The van der Waals surface area contributed by atoms with Crippen LogP contribution in [0.4, 0.5) is 5.69 Å². The number of para-hydroxylation sites is 1. The summed E-state index contributed by atoms with van der Waals surface area (Å²) in [4.78, 5) is 12.4. The molecule has 2 bridgehead atoms. The third-order valence-electron chi connectivity index (χ3n) is 4.37. The summed E-state index contributed by atoms with van der Waals surface area (Å²) >= 11 is 0. The Kier molecular flexibility index (Phi) is 4.03. The van der Waals surface area contributed by atoms with Crippen LogP contribution in [0.2, 0.25) is 0 Å². The third-order valence-corrected chi connectivity index (χ3v) is 4.37. The van der Waals surface area contributed by atoms with Gasteiger partial charge in [-0.05, 0) is 32.3 Å². The number of amides is 1. The van der Waals surface area contributed by atoms with Crippen molar-refractivity contribution in [2.45, 2.75) is 44.9 Å². The molecular formula is C16H22N2O2. The van der Waals surface area contributed by atoms with E-state index in [9.17, 15) is 4.79 Å². The van der Waals surface area contributed by atoms with E-state index in [-0.39, 0.29) is 11.8 Å². The van der Waals surface area contributed by atoms with Gasteiger partial charge >= 0.3 is 0 Å². The molecule has 2 fully saturated rings. The molecule has 0 radical (unpaired) electrons. The number of hydrogen-bond donors (Lipinski definition) is 2. The SMILES string of the molecule is CCOCc1ccccc1NC(=O)C1CC2CCC1N2. The first-order chi connectivity index (χ1) is 9.78. The van der Waals surface area contributed by atoms with Gasteiger partial charge in [-0.2, -0.15) is 0 Å². The molecule has 2 aliphatic heterocycles. The number of anilines is 1. The monoisotopic (exact) mass is 274 g/mol. The van der Waals surface area contributed by atoms with Crippen LogP contribution < -0.4 is 10.6 Å². The first kappa shape index (κ1) is 13.6. The van der Waals surface area contributed by atoms with Crippen LogP contribution in [-0.4, -0.2) is 24.6 Å². The summed E-state index contributed by atoms with van der Waals surface area (Å²) in [6.45, 7) is 3.20. The van der Waals surface area contributed by atoms with Crippen LogP contribution in [-0.2, 0) is 16.1 Å². The fraction of sp³-hybridized carbons (Fsp3) is 0.562. The number of benzene rings is 1. The highest BCUT2D eigenvalue weighted by Gasteiger charge is 2.42. The van der Waals surface area contributed by atoms with Gasteiger partial charge in [-0.15, -0.1) is 0 Å². The molecule has 2 saturated heterocycles. The maximum atomic E-state index is 12.4. The van der Waals surface area contributed by atoms with Crippen LogP contribution in [0, 0.1) is 5.92 Å². The molecule has 20 heavy (non-hydrogen) atoms. The fourth-order valence-electron chi connectivity index (χ4n) is 3.32. The van der Waals surface area contributed by atoms with E-state index >= 15 is 0 Å². The molecule has 1 aromatic rings. The van der Waals surface area contributed by atoms with Gasteiger partial charge in [-0.3, -0.25) is 4.79 Å². The van der Waals surface area contributed by atoms with E-state index in [0.717, 1.165) is 24.1 Å². The Bertz CT molecular complexity index is 489. The largest absolute Gasteiger partial charge is 0.377 e. The van der Waals surface area contributed by atoms with Gasteiger partial charge in [0.15, 0.2) is 0 Å². The van der Waals surface area contributed by atoms with Gasteiger partial charge in [0.1, 0.15) is 0 Å². The minimum Gasteiger partial charge on any atom is -0.377 e. The van der Waals surface area contributed by atoms with E-state index in [4.69, 9.17) is 4.74 Å². The van der Waals surface area contributed by atoms with E-state index in [1.54, 1.807) is 0 Å². The second-order valence-electron chi connectivity index (χ2n) is 5.67. The van der Waals surface area contributed by atoms with Crippen molar-refractivity contribution in [1.29, 1.82) is 0 Å². The smallest absolute Gasteiger partial charge is 0.229 e. The highest BCUT2D eigenvalue weighted by molar-refractivity contribution is 5.94. The van der Waals surface area contributed by atoms with E-state index in [1.165, 1.54) is 6.42 Å². The molecule has 3 rings (SSSR count). The maximum Gasteiger partial charge on any atom is 0.229 e. The summed E-state index contributed by atoms with van der Waals surface area (Å²) in [7, 11) is 0. The molecular weight excluding hydrogens is 252 g/mol. The second-order valence-corrected chi connectivity index (χ2v) is 5.67. The lowest BCUT2D eigenvalue weighted by Gasteiger charge is -2.20. The predicted octanol–water partition coefficient (Wildman–Crippen LogP) is 2.30. The van der Waals surface area contributed by atoms with Crippen molar-refractivity contribution in [3.63, 3.8) is 0 Å². The minimum absolute atomic E-state index is 0.119. The molecule has 0 aromatic heterocycles. The number of carbonyl (C=O) groups excluding carboxylic acids is 1. The summed E-state index contributed by atoms with van der Waals surface area (Å²) in [5.41, 5.74) is 1.92. The molecule has 3 unspecified atom stereocenters. The van der Waals surface area contributed by atoms with Crippen LogP contribution in [0.15, 0.2) is 24.3 Å². The molecule has 0 saturated carbocycles. The average molecular weight is 274 g/mol. The Morgan fingerprint density at radius 3 is 2.95 bits per heavy atom. The molecule has 1 aromatic carbocycles. The zero-order valence-electron chi connectivity index (χ0n) is 11.9. The Balaban J connectivity index is 1.66. The Morgan fingerprint density at radius 2 is 2.25 bits per heavy atom. The Hall–Kier alpha value is -1.39. The molecule has 4 nitrogen and oxygen atoms in total. The zero-order valence-corrected chi connectivity index (χ0v) is 11.9. The van der Waals surface area contributed by atoms with Gasteiger partial charge in [0.2, 0.25) is 5.91 Å². The predicted molar refractivity (Wildman–Crippen MR) is 78.5 cm³/mol. The Labute approximate surface area is 119 Å². The Morgan fingerprint density at radius 1 is 1.40 bits per heavy atom. The first-order valence-electron chi connectivity index (χ1n) is 7.50. The highest BCUT2D eigenvalue weighted by atomic mass is 16.5. The topological polar surface area (TPSA) is 50.4 Å². The van der Waals surface area contributed by atoms with Crippen LogP contribution in [0.25, 0.3) is 0 Å². The fourth-order valence-corrected chi connectivity index (χ4v) is 3.32. The zero-order chi connectivity index (χ0) is 13.9. The minimum atomic E-state index is 0.119. The summed E-state index contributed by atoms with van der Waals surface area (Å²) in [5.74, 6) is 0.266. The number of rotatable bonds is 5. The van der Waals surface area contributed by atoms with Crippen LogP contribution in [0.5, 0.6) is 0 Å². The molecule has 108 valence electrons. The van der Waals surface area contributed by atoms with Gasteiger partial charge in [0, 0.05) is 29.9 Å². The van der Waals surface area contributed by atoms with E-state index in [0.29, 0.717) is 25.3 Å². The molecule has 2 aliphatic rings. The molecule has 0 aliphatic carbocycles. The highest BCUT2D eigenvalue weighted by Crippen LogP contribution is 2.34. The van der Waals surface area contributed by atoms with Gasteiger partial charge in [-0.25, -0.2) is 0 Å². The maximum absolute atomic E-state index is 12.4. The van der Waals surface area contributed by atoms with Crippen molar-refractivity contribution in [2.75, 3.05) is 11.9 Å². The lowest BCUT2D eigenvalue weighted by Crippen LogP contribution is -2.33. The molecule has 4 heteroatoms. The number of carbonyl (C=O) groups is 1. The van der Waals surface area contributed by atoms with E-state index in [1.807, 2.05) is 31.2 Å². The summed E-state index contributed by atoms with van der Waals surface area (Å²) in [6, 6.07) is 8.80. The third kappa shape index (κ3) is 2.72. The lowest BCUT2D eigenvalue weighted by atomic mass is 9.88. The average Bonchev–Trinajstić information content (AvgIpc) is 3.09. The van der Waals surface area contributed by atoms with Crippen molar-refractivity contribution in [2.24, 2.45) is 5.92 Å². The number of hydrogen-bond acceptors (Lipinski definition) is 3. The normalized spacial score (nSPS) is 27.8. The summed E-state index contributed by atoms with van der Waals surface area (Å²) in [5, 5.41) is 6.60. The van der Waals surface area contributed by atoms with Gasteiger partial charge in [0.05, 0.1) is 12.5 Å². The number of ether oxygens (including phenoxy) is 1. The van der Waals surface area contributed by atoms with Crippen molar-refractivity contribution in [3.05, 3.63) is 29.8 Å². The van der Waals surface area contributed by atoms with Crippen molar-refractivity contribution >= 4 is 11.6 Å². The van der Waals surface area contributed by atoms with Gasteiger partial charge < -0.3 is 15.4 Å². The van der Waals surface area contributed by atoms with Crippen molar-refractivity contribution in [3.8, 4) is 0 Å². The molecule has 1 amide bonds. The first-order valence-corrected chi connectivity index (χ1v) is 7.50. The van der Waals surface area contributed by atoms with Crippen molar-refractivity contribution < 1.29 is 9.53 Å². The molecule has 2 N–H and O–H groups in total. The molecule has 3 atom stereocenters. The molecule has 2 heterocycles. The van der Waals surface area contributed by atoms with Gasteiger partial charge in [0.25, 0.3) is 0 Å². The quantitative estimate of drug-likeness (QED) is 0.866. The van der Waals surface area contributed by atoms with Crippen molar-refractivity contribution in [1.82, 2.24) is 5.32 Å². The standard InChI is InChI=1S/C16H22N2O2/c1-2-20-10-11-5-3-4-6-14(11)18-16(19)13-9-12-7-8-15(13)17-12/h3-6,12-13,15,17H,2,7-10H2,1H3,(H,18,19). The second kappa shape index (κ2) is 5.94. The summed E-state index contributed by atoms with van der Waals surface area (Å²) < 4.78 is 5.45.